The van der Waals surface area contributed by atoms with E-state index >= 15 is 0 Å². The van der Waals surface area contributed by atoms with Crippen LogP contribution < -0.4 is 4.90 Å². The van der Waals surface area contributed by atoms with Crippen molar-refractivity contribution >= 4 is 16.6 Å². The van der Waals surface area contributed by atoms with Gasteiger partial charge in [-0.25, -0.2) is 0 Å². The number of methoxy groups -OCH3 is 1. The molecule has 0 aliphatic carbocycles. The number of hydrogen-bond acceptors (Lipinski definition) is 5. The molecule has 0 amide bonds. The zero-order valence-electron chi connectivity index (χ0n) is 11.3. The molecule has 1 N–H and O–H groups in total. The highest BCUT2D eigenvalue weighted by molar-refractivity contribution is 5.93. The molecule has 2 rings (SSSR count). The summed E-state index contributed by atoms with van der Waals surface area (Å²) in [5, 5.41) is 19.8. The van der Waals surface area contributed by atoms with E-state index in [1.54, 1.807) is 7.11 Å². The third-order valence-corrected chi connectivity index (χ3v) is 3.09. The predicted octanol–water partition coefficient (Wildman–Crippen LogP) is 1.38. The van der Waals surface area contributed by atoms with Gasteiger partial charge in [0.05, 0.1) is 18.9 Å². The molecular weight excluding hydrogens is 242 g/mol. The van der Waals surface area contributed by atoms with Crippen LogP contribution in [0.3, 0.4) is 0 Å². The van der Waals surface area contributed by atoms with Crippen molar-refractivity contribution in [3.63, 3.8) is 0 Å². The van der Waals surface area contributed by atoms with Crippen LogP contribution in [-0.4, -0.2) is 48.7 Å². The standard InChI is InChI=1S/C14H19N3O2/c1-11-12-5-3-4-6-13(12)14(16-15-11)17(7-9-18)8-10-19-2/h3-6,18H,7-10H2,1-2H3. The van der Waals surface area contributed by atoms with Gasteiger partial charge in [-0.05, 0) is 6.92 Å². The van der Waals surface area contributed by atoms with Crippen LogP contribution in [0.25, 0.3) is 10.8 Å². The smallest absolute Gasteiger partial charge is 0.159 e. The van der Waals surface area contributed by atoms with Gasteiger partial charge in [0.1, 0.15) is 0 Å². The minimum atomic E-state index is 0.0770. The number of aryl methyl sites for hydroxylation is 1. The number of ether oxygens (including phenoxy) is 1. The predicted molar refractivity (Wildman–Crippen MR) is 75.4 cm³/mol. The number of aromatic nitrogens is 2. The van der Waals surface area contributed by atoms with Gasteiger partial charge >= 0.3 is 0 Å². The Morgan fingerprint density at radius 2 is 1.89 bits per heavy atom. The summed E-state index contributed by atoms with van der Waals surface area (Å²) in [4.78, 5) is 2.00. The van der Waals surface area contributed by atoms with Crippen molar-refractivity contribution in [2.24, 2.45) is 0 Å². The van der Waals surface area contributed by atoms with Gasteiger partial charge in [0.2, 0.25) is 0 Å². The van der Waals surface area contributed by atoms with Gasteiger partial charge in [-0.1, -0.05) is 24.3 Å². The second-order valence-corrected chi connectivity index (χ2v) is 4.36. The van der Waals surface area contributed by atoms with Gasteiger partial charge in [0.15, 0.2) is 5.82 Å². The number of nitrogens with zero attached hydrogens (tertiary/aromatic N) is 3. The van der Waals surface area contributed by atoms with E-state index in [9.17, 15) is 5.11 Å². The van der Waals surface area contributed by atoms with E-state index in [1.807, 2.05) is 36.1 Å². The lowest BCUT2D eigenvalue weighted by Crippen LogP contribution is -2.31. The van der Waals surface area contributed by atoms with E-state index in [0.29, 0.717) is 19.7 Å². The molecule has 0 atom stereocenters. The Morgan fingerprint density at radius 3 is 2.58 bits per heavy atom. The van der Waals surface area contributed by atoms with Gasteiger partial charge in [-0.15, -0.1) is 5.10 Å². The minimum absolute atomic E-state index is 0.0770. The monoisotopic (exact) mass is 261 g/mol. The molecule has 102 valence electrons. The summed E-state index contributed by atoms with van der Waals surface area (Å²) >= 11 is 0. The minimum Gasteiger partial charge on any atom is -0.395 e. The SMILES string of the molecule is COCCN(CCO)c1nnc(C)c2ccccc12. The zero-order valence-corrected chi connectivity index (χ0v) is 11.3. The molecule has 0 saturated carbocycles. The summed E-state index contributed by atoms with van der Waals surface area (Å²) in [6.07, 6.45) is 0. The van der Waals surface area contributed by atoms with Gasteiger partial charge < -0.3 is 14.7 Å². The van der Waals surface area contributed by atoms with Gasteiger partial charge in [-0.3, -0.25) is 0 Å². The Hall–Kier alpha value is -1.72. The lowest BCUT2D eigenvalue weighted by Gasteiger charge is -2.23. The number of benzene rings is 1. The molecule has 5 nitrogen and oxygen atoms in total. The Bertz CT molecular complexity index is 545. The van der Waals surface area contributed by atoms with Gasteiger partial charge in [0.25, 0.3) is 0 Å². The summed E-state index contributed by atoms with van der Waals surface area (Å²) in [7, 11) is 1.66. The third-order valence-electron chi connectivity index (χ3n) is 3.09. The fourth-order valence-electron chi connectivity index (χ4n) is 2.10. The summed E-state index contributed by atoms with van der Waals surface area (Å²) in [5.41, 5.74) is 0.912. The molecule has 2 aromatic rings. The van der Waals surface area contributed by atoms with Gasteiger partial charge in [-0.2, -0.15) is 5.10 Å². The third kappa shape index (κ3) is 3.00. The molecule has 0 unspecified atom stereocenters. The molecule has 5 heteroatoms. The average Bonchev–Trinajstić information content (AvgIpc) is 2.45. The number of anilines is 1. The number of aliphatic hydroxyl groups is 1. The first-order valence-electron chi connectivity index (χ1n) is 6.34. The maximum absolute atomic E-state index is 9.19. The molecule has 1 heterocycles. The van der Waals surface area contributed by atoms with Crippen molar-refractivity contribution in [3.8, 4) is 0 Å². The van der Waals surface area contributed by atoms with Crippen molar-refractivity contribution in [3.05, 3.63) is 30.0 Å². The maximum atomic E-state index is 9.19. The van der Waals surface area contributed by atoms with E-state index in [0.717, 1.165) is 22.3 Å². The average molecular weight is 261 g/mol. The lowest BCUT2D eigenvalue weighted by molar-refractivity contribution is 0.202. The van der Waals surface area contributed by atoms with E-state index in [2.05, 4.69) is 10.2 Å². The molecule has 0 saturated heterocycles. The van der Waals surface area contributed by atoms with E-state index in [1.165, 1.54) is 0 Å². The van der Waals surface area contributed by atoms with Gasteiger partial charge in [0, 0.05) is 31.0 Å². The van der Waals surface area contributed by atoms with E-state index < -0.39 is 0 Å². The highest BCUT2D eigenvalue weighted by Gasteiger charge is 2.13. The first kappa shape index (κ1) is 13.7. The van der Waals surface area contributed by atoms with Crippen LogP contribution >= 0.6 is 0 Å². The first-order chi connectivity index (χ1) is 9.27. The van der Waals surface area contributed by atoms with Crippen LogP contribution in [0.4, 0.5) is 5.82 Å². The van der Waals surface area contributed by atoms with E-state index in [4.69, 9.17) is 4.74 Å². The highest BCUT2D eigenvalue weighted by Crippen LogP contribution is 2.25. The molecule has 0 bridgehead atoms. The van der Waals surface area contributed by atoms with Crippen molar-refractivity contribution in [2.45, 2.75) is 6.92 Å². The topological polar surface area (TPSA) is 58.5 Å². The quantitative estimate of drug-likeness (QED) is 0.851. The zero-order chi connectivity index (χ0) is 13.7. The second-order valence-electron chi connectivity index (χ2n) is 4.36. The number of fused-ring (bicyclic) bond motifs is 1. The molecular formula is C14H19N3O2. The second kappa shape index (κ2) is 6.45. The largest absolute Gasteiger partial charge is 0.395 e. The van der Waals surface area contributed by atoms with E-state index in [-0.39, 0.29) is 6.61 Å². The van der Waals surface area contributed by atoms with Crippen molar-refractivity contribution in [1.29, 1.82) is 0 Å². The first-order valence-corrected chi connectivity index (χ1v) is 6.34. The van der Waals surface area contributed by atoms with Crippen LogP contribution in [0.5, 0.6) is 0 Å². The lowest BCUT2D eigenvalue weighted by atomic mass is 10.1. The molecule has 1 aromatic heterocycles. The van der Waals surface area contributed by atoms with Crippen LogP contribution in [0.1, 0.15) is 5.69 Å². The molecule has 0 radical (unpaired) electrons. The fourth-order valence-corrected chi connectivity index (χ4v) is 2.10. The molecule has 1 aromatic carbocycles. The Balaban J connectivity index is 2.44. The number of aliphatic hydroxyl groups excluding tert-OH is 1. The van der Waals surface area contributed by atoms with Crippen LogP contribution in [-0.2, 0) is 4.74 Å². The summed E-state index contributed by atoms with van der Waals surface area (Å²) in [5.74, 6) is 0.798. The number of hydrogen-bond donors (Lipinski definition) is 1. The Kier molecular flexibility index (Phi) is 4.65. The summed E-state index contributed by atoms with van der Waals surface area (Å²) < 4.78 is 5.10. The highest BCUT2D eigenvalue weighted by atomic mass is 16.5. The van der Waals surface area contributed by atoms with Crippen LogP contribution in [0.2, 0.25) is 0 Å². The summed E-state index contributed by atoms with van der Waals surface area (Å²) in [6, 6.07) is 8.05. The molecule has 0 fully saturated rings. The van der Waals surface area contributed by atoms with Crippen molar-refractivity contribution < 1.29 is 9.84 Å². The maximum Gasteiger partial charge on any atom is 0.159 e. The molecule has 0 spiro atoms. The fraction of sp³-hybridized carbons (Fsp3) is 0.429. The molecule has 0 aliphatic rings. The van der Waals surface area contributed by atoms with Crippen molar-refractivity contribution in [2.75, 3.05) is 38.3 Å². The van der Waals surface area contributed by atoms with Crippen LogP contribution in [0, 0.1) is 6.92 Å². The summed E-state index contributed by atoms with van der Waals surface area (Å²) in [6.45, 7) is 3.81. The Labute approximate surface area is 112 Å². The molecule has 19 heavy (non-hydrogen) atoms. The number of rotatable bonds is 6. The Morgan fingerprint density at radius 1 is 1.16 bits per heavy atom. The van der Waals surface area contributed by atoms with Crippen molar-refractivity contribution in [1.82, 2.24) is 10.2 Å². The normalized spacial score (nSPS) is 10.9. The molecule has 0 aliphatic heterocycles. The van der Waals surface area contributed by atoms with Crippen LogP contribution in [0.15, 0.2) is 24.3 Å².